The van der Waals surface area contributed by atoms with E-state index in [4.69, 9.17) is 0 Å². The quantitative estimate of drug-likeness (QED) is 0.688. The molecule has 1 heterocycles. The molecule has 0 aliphatic heterocycles. The second kappa shape index (κ2) is 17.9. The number of hydrogen-bond acceptors (Lipinski definition) is 2. The van der Waals surface area contributed by atoms with Crippen molar-refractivity contribution in [2.75, 3.05) is 0 Å². The van der Waals surface area contributed by atoms with E-state index in [0.717, 1.165) is 17.1 Å². The van der Waals surface area contributed by atoms with Crippen LogP contribution < -0.4 is 0 Å². The Morgan fingerprint density at radius 3 is 1.72 bits per heavy atom. The minimum absolute atomic E-state index is 0.783. The van der Waals surface area contributed by atoms with Gasteiger partial charge in [-0.05, 0) is 19.1 Å². The highest BCUT2D eigenvalue weighted by molar-refractivity contribution is 5.56. The first kappa shape index (κ1) is 21.8. The third kappa shape index (κ3) is 11.1. The molecule has 0 bridgehead atoms. The van der Waals surface area contributed by atoms with Gasteiger partial charge in [-0.1, -0.05) is 61.1 Å². The predicted molar refractivity (Wildman–Crippen MR) is 85.6 cm³/mol. The Hall–Kier alpha value is -1.44. The molecule has 0 amide bonds. The molecule has 0 saturated carbocycles. The lowest BCUT2D eigenvalue weighted by Gasteiger charge is -1.98. The molecule has 0 spiro atoms. The Morgan fingerprint density at radius 1 is 1.00 bits per heavy atom. The van der Waals surface area contributed by atoms with Crippen molar-refractivity contribution in [1.29, 1.82) is 0 Å². The third-order valence-corrected chi connectivity index (χ3v) is 1.34. The molecule has 0 aromatic carbocycles. The summed E-state index contributed by atoms with van der Waals surface area (Å²) in [5.41, 5.74) is 2.47. The largest absolute Gasteiger partial charge is 0.253 e. The van der Waals surface area contributed by atoms with Gasteiger partial charge in [0.1, 0.15) is 0 Å². The highest BCUT2D eigenvalue weighted by atomic mass is 14.8. The lowest BCUT2D eigenvalue weighted by atomic mass is 10.3. The van der Waals surface area contributed by atoms with Crippen LogP contribution in [0.25, 0.3) is 12.2 Å². The molecule has 0 radical (unpaired) electrons. The van der Waals surface area contributed by atoms with Gasteiger partial charge in [0, 0.05) is 6.20 Å². The van der Waals surface area contributed by atoms with Crippen LogP contribution >= 0.6 is 0 Å². The van der Waals surface area contributed by atoms with Crippen LogP contribution in [0.2, 0.25) is 0 Å². The van der Waals surface area contributed by atoms with E-state index < -0.39 is 0 Å². The molecule has 0 N–H and O–H groups in total. The topological polar surface area (TPSA) is 25.8 Å². The standard InChI is InChI=1S/C9H10N2.C3H8.2C2H6/c1-4-8-9(5-2)11-7(3)6-10-8;1-3-2;2*1-2/h4-6H,1-2H2,3H3;3H2,1-2H3;2*1-2H3. The van der Waals surface area contributed by atoms with E-state index in [1.807, 2.05) is 34.6 Å². The summed E-state index contributed by atoms with van der Waals surface area (Å²) in [5.74, 6) is 0. The zero-order valence-electron chi connectivity index (χ0n) is 13.2. The molecule has 1 aromatic heterocycles. The Bertz CT molecular complexity index is 304. The molecule has 0 aliphatic carbocycles. The van der Waals surface area contributed by atoms with E-state index in [-0.39, 0.29) is 0 Å². The van der Waals surface area contributed by atoms with Crippen LogP contribution in [0.1, 0.15) is 65.0 Å². The van der Waals surface area contributed by atoms with Gasteiger partial charge in [0.25, 0.3) is 0 Å². The predicted octanol–water partition coefficient (Wildman–Crippen LogP) is 5.54. The maximum atomic E-state index is 4.21. The fourth-order valence-corrected chi connectivity index (χ4v) is 0.813. The molecule has 18 heavy (non-hydrogen) atoms. The van der Waals surface area contributed by atoms with Crippen molar-refractivity contribution in [3.05, 3.63) is 36.4 Å². The molecule has 1 rings (SSSR count). The van der Waals surface area contributed by atoms with Crippen molar-refractivity contribution in [3.8, 4) is 0 Å². The molecule has 0 unspecified atom stereocenters. The molecule has 0 atom stereocenters. The molecular weight excluding hydrogens is 220 g/mol. The van der Waals surface area contributed by atoms with Crippen LogP contribution in [-0.4, -0.2) is 9.97 Å². The Labute approximate surface area is 114 Å². The van der Waals surface area contributed by atoms with Crippen molar-refractivity contribution < 1.29 is 0 Å². The Balaban J connectivity index is -0.000000274. The normalized spacial score (nSPS) is 7.28. The summed E-state index contributed by atoms with van der Waals surface area (Å²) < 4.78 is 0. The smallest absolute Gasteiger partial charge is 0.0883 e. The molecule has 1 aromatic rings. The highest BCUT2D eigenvalue weighted by Gasteiger charge is 1.96. The van der Waals surface area contributed by atoms with Gasteiger partial charge in [-0.3, -0.25) is 4.98 Å². The average molecular weight is 250 g/mol. The minimum atomic E-state index is 0.783. The van der Waals surface area contributed by atoms with Gasteiger partial charge < -0.3 is 0 Å². The summed E-state index contributed by atoms with van der Waals surface area (Å²) >= 11 is 0. The first-order valence-corrected chi connectivity index (χ1v) is 6.78. The number of aryl methyl sites for hydroxylation is 1. The maximum Gasteiger partial charge on any atom is 0.0883 e. The van der Waals surface area contributed by atoms with Gasteiger partial charge in [0.2, 0.25) is 0 Å². The van der Waals surface area contributed by atoms with Gasteiger partial charge in [-0.15, -0.1) is 0 Å². The van der Waals surface area contributed by atoms with E-state index in [1.54, 1.807) is 18.3 Å². The molecule has 0 fully saturated rings. The summed E-state index contributed by atoms with van der Waals surface area (Å²) in [5, 5.41) is 0. The zero-order valence-corrected chi connectivity index (χ0v) is 13.2. The van der Waals surface area contributed by atoms with Crippen LogP contribution in [0, 0.1) is 6.92 Å². The summed E-state index contributed by atoms with van der Waals surface area (Å²) in [6, 6.07) is 0. The van der Waals surface area contributed by atoms with Gasteiger partial charge in [0.05, 0.1) is 17.1 Å². The number of rotatable bonds is 2. The van der Waals surface area contributed by atoms with Crippen LogP contribution in [0.3, 0.4) is 0 Å². The monoisotopic (exact) mass is 250 g/mol. The fourth-order valence-electron chi connectivity index (χ4n) is 0.813. The number of aromatic nitrogens is 2. The van der Waals surface area contributed by atoms with E-state index in [2.05, 4.69) is 37.0 Å². The summed E-state index contributed by atoms with van der Waals surface area (Å²) in [6.07, 6.45) is 6.31. The fraction of sp³-hybridized carbons (Fsp3) is 0.500. The van der Waals surface area contributed by atoms with Crippen molar-refractivity contribution in [3.63, 3.8) is 0 Å². The van der Waals surface area contributed by atoms with Crippen LogP contribution in [0.15, 0.2) is 19.4 Å². The van der Waals surface area contributed by atoms with Gasteiger partial charge >= 0.3 is 0 Å². The van der Waals surface area contributed by atoms with Crippen molar-refractivity contribution in [2.45, 2.75) is 54.9 Å². The van der Waals surface area contributed by atoms with Crippen LogP contribution in [-0.2, 0) is 0 Å². The van der Waals surface area contributed by atoms with Gasteiger partial charge in [0.15, 0.2) is 0 Å². The van der Waals surface area contributed by atoms with E-state index in [0.29, 0.717) is 0 Å². The van der Waals surface area contributed by atoms with E-state index in [9.17, 15) is 0 Å². The summed E-state index contributed by atoms with van der Waals surface area (Å²) in [7, 11) is 0. The average Bonchev–Trinajstić information content (AvgIpc) is 2.44. The summed E-state index contributed by atoms with van der Waals surface area (Å²) in [6.45, 7) is 21.4. The summed E-state index contributed by atoms with van der Waals surface area (Å²) in [4.78, 5) is 8.33. The molecular formula is C16H30N2. The Morgan fingerprint density at radius 2 is 1.39 bits per heavy atom. The molecule has 2 heteroatoms. The van der Waals surface area contributed by atoms with Crippen molar-refractivity contribution >= 4 is 12.2 Å². The highest BCUT2D eigenvalue weighted by Crippen LogP contribution is 2.05. The van der Waals surface area contributed by atoms with Crippen LogP contribution in [0.4, 0.5) is 0 Å². The first-order valence-electron chi connectivity index (χ1n) is 6.78. The van der Waals surface area contributed by atoms with Gasteiger partial charge in [-0.2, -0.15) is 0 Å². The van der Waals surface area contributed by atoms with Crippen molar-refractivity contribution in [2.24, 2.45) is 0 Å². The molecule has 0 saturated heterocycles. The lowest BCUT2D eigenvalue weighted by Crippen LogP contribution is -1.92. The third-order valence-electron chi connectivity index (χ3n) is 1.34. The van der Waals surface area contributed by atoms with E-state index >= 15 is 0 Å². The Kier molecular flexibility index (Phi) is 21.7. The second-order valence-corrected chi connectivity index (χ2v) is 2.90. The molecule has 2 nitrogen and oxygen atoms in total. The lowest BCUT2D eigenvalue weighted by molar-refractivity contribution is 1.09. The van der Waals surface area contributed by atoms with Gasteiger partial charge in [-0.25, -0.2) is 4.98 Å². The SMILES string of the molecule is C=Cc1ncc(C)nc1C=C.CC.CC.CCC. The maximum absolute atomic E-state index is 4.21. The number of hydrogen-bond donors (Lipinski definition) is 0. The molecule has 104 valence electrons. The zero-order chi connectivity index (χ0) is 15.0. The van der Waals surface area contributed by atoms with Crippen LogP contribution in [0.5, 0.6) is 0 Å². The number of nitrogens with zero attached hydrogens (tertiary/aromatic N) is 2. The minimum Gasteiger partial charge on any atom is -0.253 e. The van der Waals surface area contributed by atoms with E-state index in [1.165, 1.54) is 6.42 Å². The first-order chi connectivity index (χ1) is 8.69. The molecule has 0 aliphatic rings. The van der Waals surface area contributed by atoms with Crippen molar-refractivity contribution in [1.82, 2.24) is 9.97 Å². The second-order valence-electron chi connectivity index (χ2n) is 2.90.